The molecule has 190 valence electrons. The summed E-state index contributed by atoms with van der Waals surface area (Å²) in [5.74, 6) is 0. The summed E-state index contributed by atoms with van der Waals surface area (Å²) in [4.78, 5) is 0.406. The second kappa shape index (κ2) is 11.3. The fourth-order valence-electron chi connectivity index (χ4n) is 2.91. The van der Waals surface area contributed by atoms with Crippen LogP contribution in [-0.2, 0) is 29.5 Å². The maximum Gasteiger partial charge on any atom is 0.240 e. The van der Waals surface area contributed by atoms with E-state index in [-0.39, 0.29) is 36.1 Å². The summed E-state index contributed by atoms with van der Waals surface area (Å²) in [7, 11) is -7.23. The Balaban J connectivity index is 1.80. The van der Waals surface area contributed by atoms with E-state index in [1.54, 1.807) is 48.5 Å². The Morgan fingerprint density at radius 1 is 0.618 bits per heavy atom. The molecule has 2 aromatic carbocycles. The average molecular weight is 513 g/mol. The van der Waals surface area contributed by atoms with Gasteiger partial charge in [0.25, 0.3) is 0 Å². The molecular weight excluding hydrogens is 476 g/mol. The van der Waals surface area contributed by atoms with Crippen LogP contribution in [0.1, 0.15) is 38.8 Å². The van der Waals surface area contributed by atoms with Crippen LogP contribution in [0.4, 0.5) is 0 Å². The van der Waals surface area contributed by atoms with Crippen LogP contribution in [0, 0.1) is 13.8 Å². The Hall–Kier alpha value is -1.82. The van der Waals surface area contributed by atoms with Crippen LogP contribution in [0.15, 0.2) is 58.3 Å². The molecule has 0 saturated carbocycles. The fourth-order valence-corrected chi connectivity index (χ4v) is 4.94. The SMILES string of the molecule is Cc1ccc(S(=O)(=O)NCCOC(C)(C)C(C)(C)OCCNS(=O)(=O)c2ccc(C)cc2)cc1. The highest BCUT2D eigenvalue weighted by molar-refractivity contribution is 7.89. The zero-order valence-corrected chi connectivity index (χ0v) is 22.3. The van der Waals surface area contributed by atoms with Gasteiger partial charge in [0.15, 0.2) is 0 Å². The topological polar surface area (TPSA) is 111 Å². The van der Waals surface area contributed by atoms with Crippen LogP contribution >= 0.6 is 0 Å². The van der Waals surface area contributed by atoms with Gasteiger partial charge in [0.2, 0.25) is 20.0 Å². The van der Waals surface area contributed by atoms with Gasteiger partial charge in [-0.2, -0.15) is 0 Å². The first-order valence-corrected chi connectivity index (χ1v) is 14.0. The van der Waals surface area contributed by atoms with Gasteiger partial charge in [-0.05, 0) is 65.8 Å². The maximum absolute atomic E-state index is 12.4. The lowest BCUT2D eigenvalue weighted by Crippen LogP contribution is -2.51. The van der Waals surface area contributed by atoms with E-state index in [0.29, 0.717) is 0 Å². The van der Waals surface area contributed by atoms with Gasteiger partial charge in [-0.25, -0.2) is 26.3 Å². The van der Waals surface area contributed by atoms with Crippen molar-refractivity contribution in [1.82, 2.24) is 9.44 Å². The molecule has 0 spiro atoms. The Bertz CT molecular complexity index is 1050. The van der Waals surface area contributed by atoms with E-state index in [9.17, 15) is 16.8 Å². The van der Waals surface area contributed by atoms with Gasteiger partial charge in [0.05, 0.1) is 34.2 Å². The molecule has 0 radical (unpaired) electrons. The Labute approximate surface area is 204 Å². The van der Waals surface area contributed by atoms with Crippen LogP contribution in [-0.4, -0.2) is 54.3 Å². The first kappa shape index (κ1) is 28.4. The summed E-state index contributed by atoms with van der Waals surface area (Å²) < 4.78 is 66.5. The largest absolute Gasteiger partial charge is 0.371 e. The normalized spacial score (nSPS) is 13.2. The standard InChI is InChI=1S/C24H36N2O6S2/c1-19-7-11-21(12-8-19)33(27,28)25-15-17-31-23(3,4)24(5,6)32-18-16-26-34(29,30)22-13-9-20(2)10-14-22/h7-14,25-26H,15-18H2,1-6H3. The first-order valence-electron chi connectivity index (χ1n) is 11.1. The van der Waals surface area contributed by atoms with Crippen molar-refractivity contribution in [2.24, 2.45) is 0 Å². The van der Waals surface area contributed by atoms with Gasteiger partial charge in [0.1, 0.15) is 0 Å². The second-order valence-corrected chi connectivity index (χ2v) is 12.7. The lowest BCUT2D eigenvalue weighted by atomic mass is 9.89. The molecule has 0 heterocycles. The third-order valence-corrected chi connectivity index (χ3v) is 8.78. The second-order valence-electron chi connectivity index (χ2n) is 9.14. The number of aryl methyl sites for hydroxylation is 2. The van der Waals surface area contributed by atoms with Crippen LogP contribution in [0.25, 0.3) is 0 Å². The number of nitrogens with one attached hydrogen (secondary N) is 2. The molecule has 0 bridgehead atoms. The van der Waals surface area contributed by atoms with E-state index in [0.717, 1.165) is 11.1 Å². The lowest BCUT2D eigenvalue weighted by molar-refractivity contribution is -0.173. The van der Waals surface area contributed by atoms with Gasteiger partial charge >= 0.3 is 0 Å². The Kier molecular flexibility index (Phi) is 9.43. The van der Waals surface area contributed by atoms with E-state index >= 15 is 0 Å². The van der Waals surface area contributed by atoms with Gasteiger partial charge in [-0.15, -0.1) is 0 Å². The summed E-state index contributed by atoms with van der Waals surface area (Å²) in [5, 5.41) is 0. The molecule has 0 saturated heterocycles. The molecule has 2 N–H and O–H groups in total. The van der Waals surface area contributed by atoms with Crippen molar-refractivity contribution < 1.29 is 26.3 Å². The monoisotopic (exact) mass is 512 g/mol. The number of hydrogen-bond donors (Lipinski definition) is 2. The van der Waals surface area contributed by atoms with Crippen LogP contribution in [0.2, 0.25) is 0 Å². The van der Waals surface area contributed by atoms with Crippen molar-refractivity contribution in [3.63, 3.8) is 0 Å². The summed E-state index contributed by atoms with van der Waals surface area (Å²) >= 11 is 0. The van der Waals surface area contributed by atoms with Gasteiger partial charge in [-0.1, -0.05) is 35.4 Å². The maximum atomic E-state index is 12.4. The summed E-state index contributed by atoms with van der Waals surface area (Å²) in [5.41, 5.74) is 0.430. The summed E-state index contributed by atoms with van der Waals surface area (Å²) in [6.45, 7) is 11.7. The third-order valence-electron chi connectivity index (χ3n) is 5.83. The molecule has 10 heteroatoms. The van der Waals surface area contributed by atoms with Gasteiger partial charge in [-0.3, -0.25) is 0 Å². The molecule has 0 atom stereocenters. The Morgan fingerprint density at radius 3 is 1.21 bits per heavy atom. The van der Waals surface area contributed by atoms with Crippen molar-refractivity contribution in [3.05, 3.63) is 59.7 Å². The van der Waals surface area contributed by atoms with Crippen molar-refractivity contribution >= 4 is 20.0 Å². The highest BCUT2D eigenvalue weighted by Crippen LogP contribution is 2.29. The number of rotatable bonds is 13. The van der Waals surface area contributed by atoms with Crippen LogP contribution in [0.5, 0.6) is 0 Å². The number of hydrogen-bond acceptors (Lipinski definition) is 6. The molecular formula is C24H36N2O6S2. The minimum absolute atomic E-state index is 0.103. The third kappa shape index (κ3) is 7.86. The van der Waals surface area contributed by atoms with Crippen molar-refractivity contribution in [2.45, 2.75) is 62.5 Å². The summed E-state index contributed by atoms with van der Waals surface area (Å²) in [6.07, 6.45) is 0. The molecule has 34 heavy (non-hydrogen) atoms. The smallest absolute Gasteiger partial charge is 0.240 e. The molecule has 0 aliphatic heterocycles. The van der Waals surface area contributed by atoms with Crippen LogP contribution < -0.4 is 9.44 Å². The molecule has 2 aromatic rings. The van der Waals surface area contributed by atoms with E-state index in [1.807, 2.05) is 41.5 Å². The highest BCUT2D eigenvalue weighted by atomic mass is 32.2. The summed E-state index contributed by atoms with van der Waals surface area (Å²) in [6, 6.07) is 13.2. The zero-order valence-electron chi connectivity index (χ0n) is 20.7. The predicted molar refractivity (Wildman–Crippen MR) is 133 cm³/mol. The predicted octanol–water partition coefficient (Wildman–Crippen LogP) is 3.15. The highest BCUT2D eigenvalue weighted by Gasteiger charge is 2.39. The molecule has 0 amide bonds. The first-order chi connectivity index (χ1) is 15.7. The molecule has 0 aliphatic rings. The number of sulfonamides is 2. The van der Waals surface area contributed by atoms with Crippen molar-refractivity contribution in [2.75, 3.05) is 26.3 Å². The minimum Gasteiger partial charge on any atom is -0.371 e. The van der Waals surface area contributed by atoms with E-state index in [1.165, 1.54) is 0 Å². The Morgan fingerprint density at radius 2 is 0.912 bits per heavy atom. The molecule has 0 fully saturated rings. The quantitative estimate of drug-likeness (QED) is 0.399. The van der Waals surface area contributed by atoms with Gasteiger partial charge in [0, 0.05) is 13.1 Å². The van der Waals surface area contributed by atoms with Crippen LogP contribution in [0.3, 0.4) is 0 Å². The zero-order chi connectivity index (χ0) is 25.6. The van der Waals surface area contributed by atoms with E-state index in [4.69, 9.17) is 9.47 Å². The van der Waals surface area contributed by atoms with Crippen molar-refractivity contribution in [1.29, 1.82) is 0 Å². The number of benzene rings is 2. The van der Waals surface area contributed by atoms with E-state index < -0.39 is 31.2 Å². The molecule has 8 nitrogen and oxygen atoms in total. The molecule has 2 rings (SSSR count). The van der Waals surface area contributed by atoms with E-state index in [2.05, 4.69) is 9.44 Å². The average Bonchev–Trinajstić information content (AvgIpc) is 2.75. The lowest BCUT2D eigenvalue weighted by Gasteiger charge is -2.41. The number of ether oxygens (including phenoxy) is 2. The van der Waals surface area contributed by atoms with Gasteiger partial charge < -0.3 is 9.47 Å². The molecule has 0 aliphatic carbocycles. The molecule has 0 aromatic heterocycles. The van der Waals surface area contributed by atoms with Crippen molar-refractivity contribution in [3.8, 4) is 0 Å². The molecule has 0 unspecified atom stereocenters. The minimum atomic E-state index is -3.61. The fraction of sp³-hybridized carbons (Fsp3) is 0.500.